The van der Waals surface area contributed by atoms with Gasteiger partial charge in [0, 0.05) is 11.8 Å². The Kier molecular flexibility index (Phi) is 2.48. The van der Waals surface area contributed by atoms with Crippen molar-refractivity contribution in [2.75, 3.05) is 0 Å². The summed E-state index contributed by atoms with van der Waals surface area (Å²) in [6.07, 6.45) is 5.08. The topological polar surface area (TPSA) is 64.1 Å². The highest BCUT2D eigenvalue weighted by Gasteiger charge is 2.34. The third-order valence-electron chi connectivity index (χ3n) is 3.89. The number of aromatic amines is 1. The molecule has 0 spiro atoms. The van der Waals surface area contributed by atoms with Gasteiger partial charge < -0.3 is 4.74 Å². The molecule has 1 saturated heterocycles. The largest absolute Gasteiger partial charge is 0.355 e. The predicted molar refractivity (Wildman–Crippen MR) is 66.6 cm³/mol. The van der Waals surface area contributed by atoms with Crippen LogP contribution in [0, 0.1) is 5.41 Å². The summed E-state index contributed by atoms with van der Waals surface area (Å²) in [6, 6.07) is 0. The first kappa shape index (κ1) is 11.7. The van der Waals surface area contributed by atoms with E-state index in [4.69, 9.17) is 4.74 Å². The molecule has 3 heterocycles. The predicted octanol–water partition coefficient (Wildman–Crippen LogP) is 1.19. The van der Waals surface area contributed by atoms with E-state index in [0.717, 1.165) is 19.3 Å². The number of aromatic nitrogens is 2. The quantitative estimate of drug-likeness (QED) is 0.752. The maximum absolute atomic E-state index is 11.8. The number of ether oxygens (including phenoxy) is 1. The highest BCUT2D eigenvalue weighted by Crippen LogP contribution is 2.37. The SMILES string of the molecule is CC1(C)Cc2cn(c(=O)[nH]c2=O)[C@H]2CCC(C1)O2. The van der Waals surface area contributed by atoms with Gasteiger partial charge in [0.25, 0.3) is 5.56 Å². The lowest BCUT2D eigenvalue weighted by Crippen LogP contribution is -2.34. The first-order valence-electron chi connectivity index (χ1n) is 6.44. The molecular weight excluding hydrogens is 232 g/mol. The normalized spacial score (nSPS) is 29.4. The summed E-state index contributed by atoms with van der Waals surface area (Å²) in [5.41, 5.74) is 0.0611. The number of fused-ring (bicyclic) bond motifs is 5. The fourth-order valence-electron chi connectivity index (χ4n) is 3.11. The summed E-state index contributed by atoms with van der Waals surface area (Å²) in [5, 5.41) is 0. The molecule has 0 saturated carbocycles. The van der Waals surface area contributed by atoms with Crippen molar-refractivity contribution in [3.05, 3.63) is 32.6 Å². The van der Waals surface area contributed by atoms with Crippen LogP contribution in [-0.2, 0) is 11.2 Å². The number of nitrogens with zero attached hydrogens (tertiary/aromatic N) is 1. The molecule has 3 rings (SSSR count). The monoisotopic (exact) mass is 250 g/mol. The number of hydrogen-bond donors (Lipinski definition) is 1. The maximum Gasteiger partial charge on any atom is 0.330 e. The van der Waals surface area contributed by atoms with Crippen LogP contribution in [0.25, 0.3) is 0 Å². The second-order valence-electron chi connectivity index (χ2n) is 6.16. The molecule has 2 atom stereocenters. The lowest BCUT2D eigenvalue weighted by Gasteiger charge is -2.26. The van der Waals surface area contributed by atoms with Gasteiger partial charge in [-0.25, -0.2) is 4.79 Å². The Morgan fingerprint density at radius 2 is 2.17 bits per heavy atom. The van der Waals surface area contributed by atoms with E-state index in [1.807, 2.05) is 0 Å². The summed E-state index contributed by atoms with van der Waals surface area (Å²) in [7, 11) is 0. The Bertz CT molecular complexity index is 585. The Balaban J connectivity index is 2.17. The molecule has 1 unspecified atom stereocenters. The molecule has 0 aromatic carbocycles. The zero-order valence-corrected chi connectivity index (χ0v) is 10.7. The molecule has 1 aromatic heterocycles. The molecular formula is C13H18N2O3. The molecule has 1 N–H and O–H groups in total. The molecule has 2 aliphatic heterocycles. The standard InChI is InChI=1S/C13H18N2O3/c1-13(2)5-8-7-15(12(17)14-11(8)16)10-4-3-9(6-13)18-10/h7,9-10H,3-6H2,1-2H3,(H,14,16,17)/t9?,10-/m1/s1. The van der Waals surface area contributed by atoms with Gasteiger partial charge in [0.15, 0.2) is 0 Å². The lowest BCUT2D eigenvalue weighted by atomic mass is 9.80. The van der Waals surface area contributed by atoms with E-state index >= 15 is 0 Å². The minimum Gasteiger partial charge on any atom is -0.355 e. The summed E-state index contributed by atoms with van der Waals surface area (Å²) in [5.74, 6) is 0. The van der Waals surface area contributed by atoms with Crippen LogP contribution in [0.15, 0.2) is 15.8 Å². The number of nitrogens with one attached hydrogen (secondary N) is 1. The van der Waals surface area contributed by atoms with E-state index in [1.54, 1.807) is 6.20 Å². The third-order valence-corrected chi connectivity index (χ3v) is 3.89. The highest BCUT2D eigenvalue weighted by molar-refractivity contribution is 5.09. The van der Waals surface area contributed by atoms with Crippen LogP contribution in [0.4, 0.5) is 0 Å². The zero-order chi connectivity index (χ0) is 12.9. The van der Waals surface area contributed by atoms with Crippen LogP contribution in [-0.4, -0.2) is 15.7 Å². The number of rotatable bonds is 0. The van der Waals surface area contributed by atoms with Crippen LogP contribution in [0.2, 0.25) is 0 Å². The Morgan fingerprint density at radius 3 is 2.94 bits per heavy atom. The van der Waals surface area contributed by atoms with Gasteiger partial charge in [0.1, 0.15) is 6.23 Å². The van der Waals surface area contributed by atoms with E-state index < -0.39 is 0 Å². The highest BCUT2D eigenvalue weighted by atomic mass is 16.5. The fourth-order valence-corrected chi connectivity index (χ4v) is 3.11. The van der Waals surface area contributed by atoms with Crippen LogP contribution >= 0.6 is 0 Å². The van der Waals surface area contributed by atoms with E-state index in [0.29, 0.717) is 12.0 Å². The van der Waals surface area contributed by atoms with Crippen molar-refractivity contribution in [2.45, 2.75) is 51.9 Å². The molecule has 18 heavy (non-hydrogen) atoms. The average Bonchev–Trinajstić information content (AvgIpc) is 2.70. The summed E-state index contributed by atoms with van der Waals surface area (Å²) >= 11 is 0. The van der Waals surface area contributed by atoms with Gasteiger partial charge in [0.05, 0.1) is 6.10 Å². The van der Waals surface area contributed by atoms with Crippen molar-refractivity contribution in [1.82, 2.24) is 9.55 Å². The third kappa shape index (κ3) is 1.92. The smallest absolute Gasteiger partial charge is 0.330 e. The Labute approximate surface area is 105 Å². The van der Waals surface area contributed by atoms with E-state index in [9.17, 15) is 9.59 Å². The van der Waals surface area contributed by atoms with E-state index in [2.05, 4.69) is 18.8 Å². The van der Waals surface area contributed by atoms with Crippen molar-refractivity contribution in [1.29, 1.82) is 0 Å². The van der Waals surface area contributed by atoms with Crippen molar-refractivity contribution >= 4 is 0 Å². The van der Waals surface area contributed by atoms with Crippen LogP contribution < -0.4 is 11.2 Å². The molecule has 4 bridgehead atoms. The molecule has 1 fully saturated rings. The van der Waals surface area contributed by atoms with Crippen molar-refractivity contribution in [2.24, 2.45) is 5.41 Å². The fraction of sp³-hybridized carbons (Fsp3) is 0.692. The lowest BCUT2D eigenvalue weighted by molar-refractivity contribution is -0.0163. The summed E-state index contributed by atoms with van der Waals surface area (Å²) in [4.78, 5) is 26.0. The van der Waals surface area contributed by atoms with Gasteiger partial charge in [0.2, 0.25) is 0 Å². The Morgan fingerprint density at radius 1 is 1.39 bits per heavy atom. The molecule has 0 aliphatic carbocycles. The van der Waals surface area contributed by atoms with E-state index in [-0.39, 0.29) is 29.0 Å². The van der Waals surface area contributed by atoms with Crippen molar-refractivity contribution in [3.8, 4) is 0 Å². The minimum atomic E-state index is -0.367. The van der Waals surface area contributed by atoms with Gasteiger partial charge in [-0.15, -0.1) is 0 Å². The maximum atomic E-state index is 11.8. The Hall–Kier alpha value is -1.36. The van der Waals surface area contributed by atoms with E-state index in [1.165, 1.54) is 4.57 Å². The van der Waals surface area contributed by atoms with Gasteiger partial charge in [-0.2, -0.15) is 0 Å². The summed E-state index contributed by atoms with van der Waals surface area (Å²) in [6.45, 7) is 4.29. The van der Waals surface area contributed by atoms with Gasteiger partial charge in [-0.3, -0.25) is 14.3 Å². The number of H-pyrrole nitrogens is 1. The molecule has 0 amide bonds. The first-order chi connectivity index (χ1) is 8.44. The van der Waals surface area contributed by atoms with Gasteiger partial charge >= 0.3 is 5.69 Å². The molecule has 5 nitrogen and oxygen atoms in total. The van der Waals surface area contributed by atoms with Crippen molar-refractivity contribution in [3.63, 3.8) is 0 Å². The van der Waals surface area contributed by atoms with Crippen molar-refractivity contribution < 1.29 is 4.74 Å². The van der Waals surface area contributed by atoms with Gasteiger partial charge in [-0.1, -0.05) is 13.8 Å². The number of hydrogen-bond acceptors (Lipinski definition) is 3. The van der Waals surface area contributed by atoms with Crippen LogP contribution in [0.3, 0.4) is 0 Å². The molecule has 2 aliphatic rings. The minimum absolute atomic E-state index is 0.0130. The van der Waals surface area contributed by atoms with Gasteiger partial charge in [-0.05, 0) is 31.1 Å². The molecule has 98 valence electrons. The van der Waals surface area contributed by atoms with Crippen LogP contribution in [0.1, 0.15) is 44.9 Å². The molecule has 5 heteroatoms. The second-order valence-corrected chi connectivity index (χ2v) is 6.16. The molecule has 0 radical (unpaired) electrons. The first-order valence-corrected chi connectivity index (χ1v) is 6.44. The summed E-state index contributed by atoms with van der Waals surface area (Å²) < 4.78 is 7.46. The zero-order valence-electron chi connectivity index (χ0n) is 10.7. The second kappa shape index (κ2) is 3.82. The molecule has 1 aromatic rings. The average molecular weight is 250 g/mol. The van der Waals surface area contributed by atoms with Crippen LogP contribution in [0.5, 0.6) is 0 Å².